The predicted molar refractivity (Wildman–Crippen MR) is 70.4 cm³/mol. The molecule has 2 aromatic rings. The Morgan fingerprint density at radius 3 is 2.56 bits per heavy atom. The van der Waals surface area contributed by atoms with Crippen LogP contribution in [0.15, 0.2) is 36.5 Å². The zero-order valence-corrected chi connectivity index (χ0v) is 10.3. The van der Waals surface area contributed by atoms with Crippen molar-refractivity contribution in [2.75, 3.05) is 5.32 Å². The second kappa shape index (κ2) is 4.87. The van der Waals surface area contributed by atoms with Crippen LogP contribution in [0.3, 0.4) is 0 Å². The van der Waals surface area contributed by atoms with E-state index in [1.165, 1.54) is 0 Å². The third-order valence-corrected chi connectivity index (χ3v) is 2.66. The highest BCUT2D eigenvalue weighted by atomic mass is 16.4. The standard InChI is InChI=1S/C14H14N2O2/c1-9-7-11(14(17)18)4-6-13(9)16-12-5-3-10(2)15-8-12/h3-8,16H,1-2H3,(H,17,18). The molecule has 0 amide bonds. The summed E-state index contributed by atoms with van der Waals surface area (Å²) in [7, 11) is 0. The Bertz CT molecular complexity index is 577. The summed E-state index contributed by atoms with van der Waals surface area (Å²) in [4.78, 5) is 15.0. The zero-order chi connectivity index (χ0) is 13.1. The first-order chi connectivity index (χ1) is 8.56. The Balaban J connectivity index is 2.24. The molecule has 1 aromatic heterocycles. The van der Waals surface area contributed by atoms with E-state index < -0.39 is 5.97 Å². The SMILES string of the molecule is Cc1ccc(Nc2ccc(C(=O)O)cc2C)cn1. The van der Waals surface area contributed by atoms with Crippen LogP contribution < -0.4 is 5.32 Å². The number of pyridine rings is 1. The van der Waals surface area contributed by atoms with E-state index in [0.29, 0.717) is 5.56 Å². The fraction of sp³-hybridized carbons (Fsp3) is 0.143. The van der Waals surface area contributed by atoms with Gasteiger partial charge in [-0.1, -0.05) is 0 Å². The molecule has 0 saturated carbocycles. The summed E-state index contributed by atoms with van der Waals surface area (Å²) in [5.74, 6) is -0.915. The maximum Gasteiger partial charge on any atom is 0.335 e. The van der Waals surface area contributed by atoms with Crippen LogP contribution in [0.25, 0.3) is 0 Å². The van der Waals surface area contributed by atoms with Gasteiger partial charge in [-0.2, -0.15) is 0 Å². The lowest BCUT2D eigenvalue weighted by Crippen LogP contribution is -1.99. The monoisotopic (exact) mass is 242 g/mol. The Morgan fingerprint density at radius 1 is 1.22 bits per heavy atom. The van der Waals surface area contributed by atoms with Gasteiger partial charge >= 0.3 is 5.97 Å². The second-order valence-electron chi connectivity index (χ2n) is 4.15. The fourth-order valence-electron chi connectivity index (χ4n) is 1.63. The molecule has 92 valence electrons. The molecule has 18 heavy (non-hydrogen) atoms. The largest absolute Gasteiger partial charge is 0.478 e. The predicted octanol–water partition coefficient (Wildman–Crippen LogP) is 3.14. The molecule has 2 N–H and O–H groups in total. The van der Waals surface area contributed by atoms with E-state index in [2.05, 4.69) is 10.3 Å². The summed E-state index contributed by atoms with van der Waals surface area (Å²) in [6.45, 7) is 3.80. The Hall–Kier alpha value is -2.36. The molecule has 0 atom stereocenters. The van der Waals surface area contributed by atoms with Crippen LogP contribution in [0, 0.1) is 13.8 Å². The van der Waals surface area contributed by atoms with E-state index in [0.717, 1.165) is 22.6 Å². The van der Waals surface area contributed by atoms with Gasteiger partial charge in [0.15, 0.2) is 0 Å². The molecule has 0 unspecified atom stereocenters. The van der Waals surface area contributed by atoms with E-state index in [4.69, 9.17) is 5.11 Å². The number of aromatic nitrogens is 1. The van der Waals surface area contributed by atoms with Crippen molar-refractivity contribution in [3.63, 3.8) is 0 Å². The van der Waals surface area contributed by atoms with Gasteiger partial charge in [0, 0.05) is 11.4 Å². The van der Waals surface area contributed by atoms with Gasteiger partial charge in [-0.05, 0) is 49.7 Å². The quantitative estimate of drug-likeness (QED) is 0.868. The lowest BCUT2D eigenvalue weighted by Gasteiger charge is -2.10. The van der Waals surface area contributed by atoms with Gasteiger partial charge in [0.1, 0.15) is 0 Å². The van der Waals surface area contributed by atoms with E-state index in [1.807, 2.05) is 26.0 Å². The maximum absolute atomic E-state index is 10.8. The minimum absolute atomic E-state index is 0.292. The smallest absolute Gasteiger partial charge is 0.335 e. The van der Waals surface area contributed by atoms with Crippen LogP contribution in [-0.4, -0.2) is 16.1 Å². The zero-order valence-electron chi connectivity index (χ0n) is 10.3. The molecule has 0 aliphatic heterocycles. The lowest BCUT2D eigenvalue weighted by molar-refractivity contribution is 0.0697. The van der Waals surface area contributed by atoms with Crippen molar-refractivity contribution in [1.29, 1.82) is 0 Å². The highest BCUT2D eigenvalue weighted by molar-refractivity contribution is 5.88. The summed E-state index contributed by atoms with van der Waals surface area (Å²) in [6, 6.07) is 8.85. The molecule has 0 bridgehead atoms. The van der Waals surface area contributed by atoms with Gasteiger partial charge in [0.25, 0.3) is 0 Å². The third kappa shape index (κ3) is 2.66. The van der Waals surface area contributed by atoms with Crippen molar-refractivity contribution < 1.29 is 9.90 Å². The summed E-state index contributed by atoms with van der Waals surface area (Å²) < 4.78 is 0. The molecule has 0 saturated heterocycles. The van der Waals surface area contributed by atoms with Crippen LogP contribution in [0.2, 0.25) is 0 Å². The van der Waals surface area contributed by atoms with Crippen molar-refractivity contribution in [2.45, 2.75) is 13.8 Å². The summed E-state index contributed by atoms with van der Waals surface area (Å²) in [5, 5.41) is 12.1. The number of hydrogen-bond acceptors (Lipinski definition) is 3. The van der Waals surface area contributed by atoms with Gasteiger partial charge in [-0.25, -0.2) is 4.79 Å². The Morgan fingerprint density at radius 2 is 2.00 bits per heavy atom. The first-order valence-electron chi connectivity index (χ1n) is 5.60. The average molecular weight is 242 g/mol. The van der Waals surface area contributed by atoms with Crippen LogP contribution in [-0.2, 0) is 0 Å². The molecule has 4 nitrogen and oxygen atoms in total. The average Bonchev–Trinajstić information content (AvgIpc) is 2.34. The fourth-order valence-corrected chi connectivity index (χ4v) is 1.63. The first kappa shape index (κ1) is 12.1. The highest BCUT2D eigenvalue weighted by Gasteiger charge is 2.05. The van der Waals surface area contributed by atoms with Gasteiger partial charge in [-0.15, -0.1) is 0 Å². The Kier molecular flexibility index (Phi) is 3.28. The van der Waals surface area contributed by atoms with Crippen molar-refractivity contribution in [2.24, 2.45) is 0 Å². The molecule has 0 aliphatic carbocycles. The number of nitrogens with zero attached hydrogens (tertiary/aromatic N) is 1. The highest BCUT2D eigenvalue weighted by Crippen LogP contribution is 2.21. The molecule has 4 heteroatoms. The molecule has 0 aliphatic rings. The molecule has 0 fully saturated rings. The van der Waals surface area contributed by atoms with E-state index >= 15 is 0 Å². The summed E-state index contributed by atoms with van der Waals surface area (Å²) in [6.07, 6.45) is 1.75. The maximum atomic E-state index is 10.8. The van der Waals surface area contributed by atoms with E-state index in [-0.39, 0.29) is 0 Å². The number of hydrogen-bond donors (Lipinski definition) is 2. The third-order valence-electron chi connectivity index (χ3n) is 2.66. The molecule has 0 radical (unpaired) electrons. The van der Waals surface area contributed by atoms with E-state index in [1.54, 1.807) is 24.4 Å². The van der Waals surface area contributed by atoms with Crippen molar-refractivity contribution in [3.05, 3.63) is 53.3 Å². The number of aromatic carboxylic acids is 1. The minimum Gasteiger partial charge on any atom is -0.478 e. The van der Waals surface area contributed by atoms with Crippen LogP contribution in [0.1, 0.15) is 21.6 Å². The minimum atomic E-state index is -0.915. The summed E-state index contributed by atoms with van der Waals surface area (Å²) >= 11 is 0. The normalized spacial score (nSPS) is 10.1. The first-order valence-corrected chi connectivity index (χ1v) is 5.60. The van der Waals surface area contributed by atoms with Crippen LogP contribution in [0.4, 0.5) is 11.4 Å². The molecule has 2 rings (SSSR count). The molecule has 1 aromatic carbocycles. The summed E-state index contributed by atoms with van der Waals surface area (Å²) in [5.41, 5.74) is 3.89. The number of carbonyl (C=O) groups is 1. The van der Waals surface area contributed by atoms with Crippen LogP contribution in [0.5, 0.6) is 0 Å². The molecule has 0 spiro atoms. The lowest BCUT2D eigenvalue weighted by atomic mass is 10.1. The second-order valence-corrected chi connectivity index (χ2v) is 4.15. The van der Waals surface area contributed by atoms with Crippen molar-refractivity contribution >= 4 is 17.3 Å². The topological polar surface area (TPSA) is 62.2 Å². The van der Waals surface area contributed by atoms with Gasteiger partial charge in [0.05, 0.1) is 17.4 Å². The number of nitrogens with one attached hydrogen (secondary N) is 1. The van der Waals surface area contributed by atoms with Gasteiger partial charge < -0.3 is 10.4 Å². The number of carboxylic acids is 1. The molecular formula is C14H14N2O2. The molecular weight excluding hydrogens is 228 g/mol. The van der Waals surface area contributed by atoms with Crippen LogP contribution >= 0.6 is 0 Å². The molecule has 1 heterocycles. The number of benzene rings is 1. The number of aryl methyl sites for hydroxylation is 2. The van der Waals surface area contributed by atoms with Gasteiger partial charge in [0.2, 0.25) is 0 Å². The Labute approximate surface area is 105 Å². The van der Waals surface area contributed by atoms with Gasteiger partial charge in [-0.3, -0.25) is 4.98 Å². The number of anilines is 2. The van der Waals surface area contributed by atoms with E-state index in [9.17, 15) is 4.79 Å². The van der Waals surface area contributed by atoms with Crippen molar-refractivity contribution in [3.8, 4) is 0 Å². The number of carboxylic acid groups (broad SMARTS) is 1. The number of rotatable bonds is 3. The van der Waals surface area contributed by atoms with Crippen molar-refractivity contribution in [1.82, 2.24) is 4.98 Å².